The highest BCUT2D eigenvalue weighted by Gasteiger charge is 2.19. The van der Waals surface area contributed by atoms with Crippen LogP contribution < -0.4 is 0 Å². The molecule has 0 amide bonds. The number of alkyl halides is 4. The van der Waals surface area contributed by atoms with Crippen LogP contribution in [0, 0.1) is 0 Å². The van der Waals surface area contributed by atoms with Crippen molar-refractivity contribution in [1.82, 2.24) is 0 Å². The van der Waals surface area contributed by atoms with Crippen LogP contribution in [0.25, 0.3) is 0 Å². The predicted molar refractivity (Wildman–Crippen MR) is 41.8 cm³/mol. The van der Waals surface area contributed by atoms with Crippen molar-refractivity contribution in [2.75, 3.05) is 13.2 Å². The van der Waals surface area contributed by atoms with Gasteiger partial charge in [-0.05, 0) is 13.8 Å². The van der Waals surface area contributed by atoms with Crippen molar-refractivity contribution < 1.29 is 22.3 Å². The van der Waals surface area contributed by atoms with Crippen LogP contribution in [0.3, 0.4) is 0 Å². The SMILES string of the molecule is CC(F)C(F)COCC(F)C(C)F. The number of rotatable bonds is 6. The molecule has 0 aliphatic rings. The van der Waals surface area contributed by atoms with Crippen LogP contribution >= 0.6 is 0 Å². The van der Waals surface area contributed by atoms with Gasteiger partial charge >= 0.3 is 0 Å². The van der Waals surface area contributed by atoms with E-state index in [0.29, 0.717) is 0 Å². The predicted octanol–water partition coefficient (Wildman–Crippen LogP) is 2.40. The van der Waals surface area contributed by atoms with E-state index in [0.717, 1.165) is 13.8 Å². The van der Waals surface area contributed by atoms with Crippen molar-refractivity contribution in [3.63, 3.8) is 0 Å². The van der Waals surface area contributed by atoms with E-state index in [1.165, 1.54) is 0 Å². The van der Waals surface area contributed by atoms with Gasteiger partial charge in [0.15, 0.2) is 12.3 Å². The molecule has 0 aromatic carbocycles. The molecule has 1 nitrogen and oxygen atoms in total. The Bertz CT molecular complexity index is 115. The summed E-state index contributed by atoms with van der Waals surface area (Å²) in [6.07, 6.45) is -6.86. The Balaban J connectivity index is 3.45. The normalized spacial score (nSPS) is 20.8. The molecule has 0 rings (SSSR count). The van der Waals surface area contributed by atoms with Crippen molar-refractivity contribution in [2.45, 2.75) is 38.5 Å². The number of hydrogen-bond donors (Lipinski definition) is 0. The Morgan fingerprint density at radius 1 is 0.846 bits per heavy atom. The summed E-state index contributed by atoms with van der Waals surface area (Å²) in [5.74, 6) is 0. The summed E-state index contributed by atoms with van der Waals surface area (Å²) in [6, 6.07) is 0. The van der Waals surface area contributed by atoms with Crippen molar-refractivity contribution in [3.05, 3.63) is 0 Å². The molecule has 0 fully saturated rings. The largest absolute Gasteiger partial charge is 0.375 e. The zero-order valence-corrected chi connectivity index (χ0v) is 7.64. The first-order valence-corrected chi connectivity index (χ1v) is 4.09. The quantitative estimate of drug-likeness (QED) is 0.601. The Hall–Kier alpha value is -0.320. The van der Waals surface area contributed by atoms with Crippen LogP contribution in [-0.2, 0) is 4.74 Å². The minimum atomic E-state index is -1.78. The van der Waals surface area contributed by atoms with Crippen LogP contribution in [0.4, 0.5) is 17.6 Å². The lowest BCUT2D eigenvalue weighted by molar-refractivity contribution is 0.00566. The van der Waals surface area contributed by atoms with Gasteiger partial charge < -0.3 is 4.74 Å². The average molecular weight is 202 g/mol. The lowest BCUT2D eigenvalue weighted by Gasteiger charge is -2.12. The van der Waals surface area contributed by atoms with Crippen molar-refractivity contribution in [2.24, 2.45) is 0 Å². The maximum atomic E-state index is 12.5. The summed E-state index contributed by atoms with van der Waals surface area (Å²) in [5, 5.41) is 0. The van der Waals surface area contributed by atoms with E-state index < -0.39 is 37.9 Å². The minimum absolute atomic E-state index is 0.537. The van der Waals surface area contributed by atoms with E-state index in [9.17, 15) is 17.6 Å². The fourth-order valence-electron chi connectivity index (χ4n) is 0.558. The molecule has 13 heavy (non-hydrogen) atoms. The van der Waals surface area contributed by atoms with E-state index >= 15 is 0 Å². The van der Waals surface area contributed by atoms with Crippen LogP contribution in [0.1, 0.15) is 13.8 Å². The highest BCUT2D eigenvalue weighted by Crippen LogP contribution is 2.06. The molecule has 4 atom stereocenters. The van der Waals surface area contributed by atoms with Crippen molar-refractivity contribution in [3.8, 4) is 0 Å². The Kier molecular flexibility index (Phi) is 6.03. The molecular formula is C8H14F4O. The van der Waals surface area contributed by atoms with E-state index in [1.807, 2.05) is 0 Å². The first-order chi connectivity index (χ1) is 5.95. The summed E-state index contributed by atoms with van der Waals surface area (Å²) < 4.78 is 53.7. The van der Waals surface area contributed by atoms with Crippen LogP contribution in [-0.4, -0.2) is 37.9 Å². The highest BCUT2D eigenvalue weighted by molar-refractivity contribution is 4.64. The monoisotopic (exact) mass is 202 g/mol. The first-order valence-electron chi connectivity index (χ1n) is 4.09. The third kappa shape index (κ3) is 5.85. The van der Waals surface area contributed by atoms with Gasteiger partial charge in [0.05, 0.1) is 13.2 Å². The molecule has 5 heteroatoms. The second-order valence-corrected chi connectivity index (χ2v) is 2.92. The fraction of sp³-hybridized carbons (Fsp3) is 1.00. The molecule has 0 saturated carbocycles. The van der Waals surface area contributed by atoms with Crippen molar-refractivity contribution in [1.29, 1.82) is 0 Å². The average Bonchev–Trinajstić information content (AvgIpc) is 2.03. The number of halogens is 4. The first kappa shape index (κ1) is 12.7. The molecule has 0 heterocycles. The second-order valence-electron chi connectivity index (χ2n) is 2.92. The Morgan fingerprint density at radius 2 is 1.15 bits per heavy atom. The van der Waals surface area contributed by atoms with Crippen LogP contribution in [0.5, 0.6) is 0 Å². The molecule has 0 aromatic rings. The summed E-state index contributed by atoms with van der Waals surface area (Å²) in [7, 11) is 0. The standard InChI is InChI=1S/C8H14F4O/c1-5(9)7(11)3-13-4-8(12)6(2)10/h5-8H,3-4H2,1-2H3. The van der Waals surface area contributed by atoms with Gasteiger partial charge in [0.2, 0.25) is 0 Å². The van der Waals surface area contributed by atoms with E-state index in [-0.39, 0.29) is 0 Å². The molecule has 0 spiro atoms. The van der Waals surface area contributed by atoms with E-state index in [2.05, 4.69) is 4.74 Å². The highest BCUT2D eigenvalue weighted by atomic mass is 19.2. The molecule has 0 bridgehead atoms. The molecule has 0 saturated heterocycles. The van der Waals surface area contributed by atoms with Gasteiger partial charge in [-0.2, -0.15) is 0 Å². The zero-order chi connectivity index (χ0) is 10.4. The van der Waals surface area contributed by atoms with E-state index in [4.69, 9.17) is 0 Å². The molecule has 0 aliphatic carbocycles. The maximum Gasteiger partial charge on any atom is 0.154 e. The zero-order valence-electron chi connectivity index (χ0n) is 7.64. The molecule has 0 aromatic heterocycles. The lowest BCUT2D eigenvalue weighted by Crippen LogP contribution is -2.25. The summed E-state index contributed by atoms with van der Waals surface area (Å²) in [6.45, 7) is 1.01. The van der Waals surface area contributed by atoms with Gasteiger partial charge in [-0.15, -0.1) is 0 Å². The van der Waals surface area contributed by atoms with Crippen LogP contribution in [0.2, 0.25) is 0 Å². The van der Waals surface area contributed by atoms with Gasteiger partial charge in [-0.25, -0.2) is 17.6 Å². The summed E-state index contributed by atoms with van der Waals surface area (Å²) >= 11 is 0. The maximum absolute atomic E-state index is 12.5. The second kappa shape index (κ2) is 6.18. The van der Waals surface area contributed by atoms with Crippen LogP contribution in [0.15, 0.2) is 0 Å². The van der Waals surface area contributed by atoms with Crippen molar-refractivity contribution >= 4 is 0 Å². The van der Waals surface area contributed by atoms with Gasteiger partial charge in [0.1, 0.15) is 12.3 Å². The third-order valence-electron chi connectivity index (χ3n) is 1.55. The Morgan fingerprint density at radius 3 is 1.38 bits per heavy atom. The molecule has 80 valence electrons. The third-order valence-corrected chi connectivity index (χ3v) is 1.55. The van der Waals surface area contributed by atoms with Gasteiger partial charge in [-0.3, -0.25) is 0 Å². The van der Waals surface area contributed by atoms with Gasteiger partial charge in [-0.1, -0.05) is 0 Å². The molecule has 0 N–H and O–H groups in total. The smallest absolute Gasteiger partial charge is 0.154 e. The number of ether oxygens (including phenoxy) is 1. The molecular weight excluding hydrogens is 188 g/mol. The topological polar surface area (TPSA) is 9.23 Å². The molecule has 0 aliphatic heterocycles. The fourth-order valence-corrected chi connectivity index (χ4v) is 0.558. The summed E-state index contributed by atoms with van der Waals surface area (Å²) in [5.41, 5.74) is 0. The minimum Gasteiger partial charge on any atom is -0.375 e. The number of hydrogen-bond acceptors (Lipinski definition) is 1. The molecule has 4 unspecified atom stereocenters. The lowest BCUT2D eigenvalue weighted by atomic mass is 10.3. The van der Waals surface area contributed by atoms with Gasteiger partial charge in [0, 0.05) is 0 Å². The van der Waals surface area contributed by atoms with Gasteiger partial charge in [0.25, 0.3) is 0 Å². The molecule has 0 radical (unpaired) electrons. The Labute approximate surface area is 75.1 Å². The van der Waals surface area contributed by atoms with E-state index in [1.54, 1.807) is 0 Å². The summed E-state index contributed by atoms with van der Waals surface area (Å²) in [4.78, 5) is 0.